The zero-order valence-corrected chi connectivity index (χ0v) is 13.3. The van der Waals surface area contributed by atoms with E-state index in [-0.39, 0.29) is 11.3 Å². The highest BCUT2D eigenvalue weighted by atomic mass is 19.1. The Kier molecular flexibility index (Phi) is 4.85. The summed E-state index contributed by atoms with van der Waals surface area (Å²) in [6.07, 6.45) is 1.43. The van der Waals surface area contributed by atoms with E-state index in [1.54, 1.807) is 24.3 Å². The van der Waals surface area contributed by atoms with Gasteiger partial charge in [-0.1, -0.05) is 0 Å². The van der Waals surface area contributed by atoms with Gasteiger partial charge in [0, 0.05) is 23.5 Å². The van der Waals surface area contributed by atoms with E-state index >= 15 is 0 Å². The Morgan fingerprint density at radius 1 is 1.04 bits per heavy atom. The number of benzene rings is 2. The first-order chi connectivity index (χ1) is 12.5. The van der Waals surface area contributed by atoms with Gasteiger partial charge in [-0.3, -0.25) is 4.79 Å². The van der Waals surface area contributed by atoms with Crippen molar-refractivity contribution in [2.24, 2.45) is 0 Å². The van der Waals surface area contributed by atoms with Crippen molar-refractivity contribution in [3.63, 3.8) is 0 Å². The van der Waals surface area contributed by atoms with Crippen molar-refractivity contribution in [1.82, 2.24) is 4.98 Å². The van der Waals surface area contributed by atoms with Gasteiger partial charge in [-0.15, -0.1) is 0 Å². The van der Waals surface area contributed by atoms with E-state index in [0.29, 0.717) is 23.1 Å². The first-order valence-electron chi connectivity index (χ1n) is 7.55. The minimum atomic E-state index is -0.858. The van der Waals surface area contributed by atoms with E-state index in [4.69, 9.17) is 5.26 Å². The van der Waals surface area contributed by atoms with Gasteiger partial charge in [-0.2, -0.15) is 5.26 Å². The van der Waals surface area contributed by atoms with E-state index < -0.39 is 17.5 Å². The monoisotopic (exact) mass is 350 g/mol. The van der Waals surface area contributed by atoms with Crippen LogP contribution in [0.1, 0.15) is 15.9 Å². The number of halogens is 2. The standard InChI is InChI=1S/C19H12F2N4O/c20-14-3-6-17(16(21)10-14)25-19(26)13-7-8-23-18(9-13)24-15-4-1-12(11-22)2-5-15/h1-10H,(H,23,24)(H,25,26). The van der Waals surface area contributed by atoms with Gasteiger partial charge in [-0.25, -0.2) is 13.8 Å². The molecule has 128 valence electrons. The van der Waals surface area contributed by atoms with Crippen LogP contribution in [0, 0.1) is 23.0 Å². The maximum absolute atomic E-state index is 13.7. The van der Waals surface area contributed by atoms with Crippen molar-refractivity contribution in [3.8, 4) is 6.07 Å². The van der Waals surface area contributed by atoms with Crippen LogP contribution in [0.4, 0.5) is 26.0 Å². The fraction of sp³-hybridized carbons (Fsp3) is 0. The molecule has 0 bridgehead atoms. The maximum atomic E-state index is 13.7. The molecule has 0 spiro atoms. The molecule has 3 rings (SSSR count). The second-order valence-electron chi connectivity index (χ2n) is 5.32. The van der Waals surface area contributed by atoms with Crippen LogP contribution in [0.3, 0.4) is 0 Å². The van der Waals surface area contributed by atoms with E-state index in [9.17, 15) is 13.6 Å². The molecule has 0 aliphatic heterocycles. The molecule has 1 aromatic heterocycles. The van der Waals surface area contributed by atoms with Crippen LogP contribution >= 0.6 is 0 Å². The highest BCUT2D eigenvalue weighted by Gasteiger charge is 2.11. The number of anilines is 3. The highest BCUT2D eigenvalue weighted by molar-refractivity contribution is 6.04. The van der Waals surface area contributed by atoms with Crippen LogP contribution in [0.25, 0.3) is 0 Å². The van der Waals surface area contributed by atoms with Crippen molar-refractivity contribution in [1.29, 1.82) is 5.26 Å². The summed E-state index contributed by atoms with van der Waals surface area (Å²) in [5.41, 5.74) is 1.35. The molecule has 3 aromatic rings. The first-order valence-corrected chi connectivity index (χ1v) is 7.55. The zero-order chi connectivity index (χ0) is 18.5. The predicted molar refractivity (Wildman–Crippen MR) is 93.0 cm³/mol. The lowest BCUT2D eigenvalue weighted by Crippen LogP contribution is -2.13. The molecule has 0 aliphatic carbocycles. The molecule has 0 radical (unpaired) electrons. The average molecular weight is 350 g/mol. The van der Waals surface area contributed by atoms with Gasteiger partial charge in [-0.05, 0) is 48.5 Å². The molecule has 0 aliphatic rings. The summed E-state index contributed by atoms with van der Waals surface area (Å²) in [7, 11) is 0. The summed E-state index contributed by atoms with van der Waals surface area (Å²) in [5.74, 6) is -1.73. The van der Waals surface area contributed by atoms with Crippen LogP contribution in [-0.2, 0) is 0 Å². The van der Waals surface area contributed by atoms with Crippen LogP contribution in [0.5, 0.6) is 0 Å². The van der Waals surface area contributed by atoms with Crippen LogP contribution in [0.2, 0.25) is 0 Å². The minimum Gasteiger partial charge on any atom is -0.340 e. The smallest absolute Gasteiger partial charge is 0.255 e. The minimum absolute atomic E-state index is 0.116. The molecule has 0 fully saturated rings. The number of nitriles is 1. The molecule has 0 saturated carbocycles. The van der Waals surface area contributed by atoms with Crippen LogP contribution in [0.15, 0.2) is 60.8 Å². The number of hydrogen-bond donors (Lipinski definition) is 2. The van der Waals surface area contributed by atoms with E-state index in [2.05, 4.69) is 15.6 Å². The third kappa shape index (κ3) is 3.99. The Balaban J connectivity index is 1.75. The van der Waals surface area contributed by atoms with Crippen LogP contribution < -0.4 is 10.6 Å². The number of nitrogens with one attached hydrogen (secondary N) is 2. The molecular weight excluding hydrogens is 338 g/mol. The number of aromatic nitrogens is 1. The molecular formula is C19H12F2N4O. The molecule has 7 heteroatoms. The Bertz CT molecular complexity index is 997. The van der Waals surface area contributed by atoms with Crippen molar-refractivity contribution in [2.75, 3.05) is 10.6 Å². The maximum Gasteiger partial charge on any atom is 0.255 e. The number of nitrogens with zero attached hydrogens (tertiary/aromatic N) is 2. The zero-order valence-electron chi connectivity index (χ0n) is 13.3. The van der Waals surface area contributed by atoms with E-state index in [1.807, 2.05) is 6.07 Å². The largest absolute Gasteiger partial charge is 0.340 e. The number of carbonyl (C=O) groups excluding carboxylic acids is 1. The Morgan fingerprint density at radius 2 is 1.81 bits per heavy atom. The highest BCUT2D eigenvalue weighted by Crippen LogP contribution is 2.19. The van der Waals surface area contributed by atoms with Gasteiger partial charge in [0.2, 0.25) is 0 Å². The predicted octanol–water partition coefficient (Wildman–Crippen LogP) is 4.23. The second-order valence-corrected chi connectivity index (χ2v) is 5.32. The third-order valence-electron chi connectivity index (χ3n) is 3.49. The van der Waals surface area contributed by atoms with Crippen LogP contribution in [-0.4, -0.2) is 10.9 Å². The van der Waals surface area contributed by atoms with Gasteiger partial charge < -0.3 is 10.6 Å². The number of rotatable bonds is 4. The van der Waals surface area contributed by atoms with Gasteiger partial charge >= 0.3 is 0 Å². The van der Waals surface area contributed by atoms with Crippen molar-refractivity contribution >= 4 is 23.1 Å². The van der Waals surface area contributed by atoms with Crippen molar-refractivity contribution in [2.45, 2.75) is 0 Å². The molecule has 0 atom stereocenters. The Morgan fingerprint density at radius 3 is 2.50 bits per heavy atom. The number of carbonyl (C=O) groups is 1. The summed E-state index contributed by atoms with van der Waals surface area (Å²) >= 11 is 0. The molecule has 0 saturated heterocycles. The first kappa shape index (κ1) is 17.0. The Hall–Kier alpha value is -3.79. The lowest BCUT2D eigenvalue weighted by Gasteiger charge is -2.09. The lowest BCUT2D eigenvalue weighted by atomic mass is 10.2. The third-order valence-corrected chi connectivity index (χ3v) is 3.49. The van der Waals surface area contributed by atoms with Gasteiger partial charge in [0.15, 0.2) is 0 Å². The molecule has 1 amide bonds. The number of hydrogen-bond acceptors (Lipinski definition) is 4. The normalized spacial score (nSPS) is 10.0. The molecule has 0 unspecified atom stereocenters. The topological polar surface area (TPSA) is 77.8 Å². The molecule has 2 N–H and O–H groups in total. The second kappa shape index (κ2) is 7.40. The lowest BCUT2D eigenvalue weighted by molar-refractivity contribution is 0.102. The fourth-order valence-corrected chi connectivity index (χ4v) is 2.20. The molecule has 26 heavy (non-hydrogen) atoms. The Labute approximate surface area is 147 Å². The average Bonchev–Trinajstić information content (AvgIpc) is 2.65. The summed E-state index contributed by atoms with van der Waals surface area (Å²) in [6, 6.07) is 14.6. The summed E-state index contributed by atoms with van der Waals surface area (Å²) in [5, 5.41) is 14.2. The van der Waals surface area contributed by atoms with Gasteiger partial charge in [0.1, 0.15) is 17.5 Å². The number of amides is 1. The summed E-state index contributed by atoms with van der Waals surface area (Å²) < 4.78 is 26.6. The van der Waals surface area contributed by atoms with E-state index in [0.717, 1.165) is 12.1 Å². The van der Waals surface area contributed by atoms with Gasteiger partial charge in [0.25, 0.3) is 5.91 Å². The molecule has 2 aromatic carbocycles. The van der Waals surface area contributed by atoms with Gasteiger partial charge in [0.05, 0.1) is 17.3 Å². The fourth-order valence-electron chi connectivity index (χ4n) is 2.20. The summed E-state index contributed by atoms with van der Waals surface area (Å²) in [6.45, 7) is 0. The molecule has 1 heterocycles. The van der Waals surface area contributed by atoms with Crippen molar-refractivity contribution in [3.05, 3.63) is 83.6 Å². The molecule has 5 nitrogen and oxygen atoms in total. The number of pyridine rings is 1. The van der Waals surface area contributed by atoms with Crippen molar-refractivity contribution < 1.29 is 13.6 Å². The van der Waals surface area contributed by atoms with E-state index in [1.165, 1.54) is 18.3 Å². The SMILES string of the molecule is N#Cc1ccc(Nc2cc(C(=O)Nc3ccc(F)cc3F)ccn2)cc1. The quantitative estimate of drug-likeness (QED) is 0.738. The summed E-state index contributed by atoms with van der Waals surface area (Å²) in [4.78, 5) is 16.4.